The van der Waals surface area contributed by atoms with Crippen molar-refractivity contribution in [2.75, 3.05) is 19.8 Å². The Kier molecular flexibility index (Phi) is 5.79. The molecule has 0 spiro atoms. The molecule has 2 rings (SSSR count). The molecule has 19 heavy (non-hydrogen) atoms. The van der Waals surface area contributed by atoms with Gasteiger partial charge in [0.2, 0.25) is 0 Å². The monoisotopic (exact) mass is 329 g/mol. The summed E-state index contributed by atoms with van der Waals surface area (Å²) in [6.45, 7) is 4.67. The van der Waals surface area contributed by atoms with Gasteiger partial charge in [0.15, 0.2) is 0 Å². The van der Waals surface area contributed by atoms with Crippen LogP contribution in [0.5, 0.6) is 0 Å². The lowest BCUT2D eigenvalue weighted by atomic mass is 9.87. The van der Waals surface area contributed by atoms with Crippen LogP contribution in [-0.2, 0) is 11.2 Å². The van der Waals surface area contributed by atoms with Crippen LogP contribution < -0.4 is 5.32 Å². The minimum Gasteiger partial charge on any atom is -0.381 e. The molecule has 1 fully saturated rings. The van der Waals surface area contributed by atoms with E-state index in [1.54, 1.807) is 6.07 Å². The second-order valence-corrected chi connectivity index (χ2v) is 5.97. The normalized spacial score (nSPS) is 18.5. The molecule has 0 saturated carbocycles. The lowest BCUT2D eigenvalue weighted by molar-refractivity contribution is 0.0539. The van der Waals surface area contributed by atoms with Gasteiger partial charge in [-0.1, -0.05) is 22.9 Å². The first-order valence-electron chi connectivity index (χ1n) is 6.95. The molecule has 0 aliphatic carbocycles. The van der Waals surface area contributed by atoms with Gasteiger partial charge in [-0.3, -0.25) is 0 Å². The van der Waals surface area contributed by atoms with E-state index in [1.807, 2.05) is 6.07 Å². The second-order valence-electron chi connectivity index (χ2n) is 5.05. The second kappa shape index (κ2) is 7.36. The Morgan fingerprint density at radius 1 is 1.42 bits per heavy atom. The SMILES string of the molecule is CCNC(Cc1cc(Br)ccc1F)C1CCOCC1. The van der Waals surface area contributed by atoms with Crippen LogP contribution in [-0.4, -0.2) is 25.8 Å². The minimum atomic E-state index is -0.113. The highest BCUT2D eigenvalue weighted by molar-refractivity contribution is 9.10. The van der Waals surface area contributed by atoms with Crippen molar-refractivity contribution in [3.8, 4) is 0 Å². The van der Waals surface area contributed by atoms with E-state index < -0.39 is 0 Å². The van der Waals surface area contributed by atoms with Gasteiger partial charge < -0.3 is 10.1 Å². The Bertz CT molecular complexity index is 407. The molecule has 106 valence electrons. The summed E-state index contributed by atoms with van der Waals surface area (Å²) in [5.74, 6) is 0.463. The van der Waals surface area contributed by atoms with Crippen molar-refractivity contribution in [1.82, 2.24) is 5.32 Å². The summed E-state index contributed by atoms with van der Waals surface area (Å²) in [4.78, 5) is 0. The standard InChI is InChI=1S/C15H21BrFNO/c1-2-18-15(11-5-7-19-8-6-11)10-12-9-13(16)3-4-14(12)17/h3-4,9,11,15,18H,2,5-8,10H2,1H3. The third kappa shape index (κ3) is 4.26. The summed E-state index contributed by atoms with van der Waals surface area (Å²) >= 11 is 3.41. The van der Waals surface area contributed by atoms with Crippen LogP contribution in [0.3, 0.4) is 0 Å². The average molecular weight is 330 g/mol. The molecule has 0 bridgehead atoms. The maximum atomic E-state index is 13.9. The van der Waals surface area contributed by atoms with Crippen molar-refractivity contribution in [3.63, 3.8) is 0 Å². The van der Waals surface area contributed by atoms with E-state index in [1.165, 1.54) is 6.07 Å². The Labute approximate surface area is 122 Å². The number of likely N-dealkylation sites (N-methyl/N-ethyl adjacent to an activating group) is 1. The van der Waals surface area contributed by atoms with E-state index in [9.17, 15) is 4.39 Å². The largest absolute Gasteiger partial charge is 0.381 e. The summed E-state index contributed by atoms with van der Waals surface area (Å²) < 4.78 is 20.2. The van der Waals surface area contributed by atoms with Crippen molar-refractivity contribution in [3.05, 3.63) is 34.1 Å². The van der Waals surface area contributed by atoms with Crippen LogP contribution in [0.4, 0.5) is 4.39 Å². The summed E-state index contributed by atoms with van der Waals surface area (Å²) in [6.07, 6.45) is 2.87. The van der Waals surface area contributed by atoms with Crippen molar-refractivity contribution >= 4 is 15.9 Å². The highest BCUT2D eigenvalue weighted by Gasteiger charge is 2.24. The summed E-state index contributed by atoms with van der Waals surface area (Å²) in [7, 11) is 0. The minimum absolute atomic E-state index is 0.113. The lowest BCUT2D eigenvalue weighted by Gasteiger charge is -2.31. The molecule has 1 aliphatic rings. The third-order valence-corrected chi connectivity index (χ3v) is 4.24. The number of rotatable bonds is 5. The van der Waals surface area contributed by atoms with Gasteiger partial charge in [0.05, 0.1) is 0 Å². The molecule has 1 atom stereocenters. The predicted molar refractivity (Wildman–Crippen MR) is 78.8 cm³/mol. The lowest BCUT2D eigenvalue weighted by Crippen LogP contribution is -2.40. The average Bonchev–Trinajstić information content (AvgIpc) is 2.43. The van der Waals surface area contributed by atoms with Crippen LogP contribution in [0.1, 0.15) is 25.3 Å². The fourth-order valence-electron chi connectivity index (χ4n) is 2.72. The first-order chi connectivity index (χ1) is 9.20. The van der Waals surface area contributed by atoms with Gasteiger partial charge in [-0.15, -0.1) is 0 Å². The van der Waals surface area contributed by atoms with Crippen LogP contribution in [0.15, 0.2) is 22.7 Å². The van der Waals surface area contributed by atoms with E-state index in [-0.39, 0.29) is 5.82 Å². The number of ether oxygens (including phenoxy) is 1. The molecule has 2 nitrogen and oxygen atoms in total. The van der Waals surface area contributed by atoms with E-state index in [0.717, 1.165) is 49.1 Å². The summed E-state index contributed by atoms with van der Waals surface area (Å²) in [6, 6.07) is 5.50. The van der Waals surface area contributed by atoms with Crippen LogP contribution in [0.2, 0.25) is 0 Å². The van der Waals surface area contributed by atoms with Crippen molar-refractivity contribution in [1.29, 1.82) is 0 Å². The Morgan fingerprint density at radius 2 is 2.16 bits per heavy atom. The van der Waals surface area contributed by atoms with E-state index in [2.05, 4.69) is 28.2 Å². The summed E-state index contributed by atoms with van der Waals surface area (Å²) in [5.41, 5.74) is 0.784. The van der Waals surface area contributed by atoms with Crippen LogP contribution >= 0.6 is 15.9 Å². The zero-order chi connectivity index (χ0) is 13.7. The number of halogens is 2. The number of benzene rings is 1. The fraction of sp³-hybridized carbons (Fsp3) is 0.600. The molecule has 1 aliphatic heterocycles. The molecule has 1 aromatic rings. The smallest absolute Gasteiger partial charge is 0.126 e. The Morgan fingerprint density at radius 3 is 2.84 bits per heavy atom. The molecule has 0 aromatic heterocycles. The quantitative estimate of drug-likeness (QED) is 0.892. The van der Waals surface area contributed by atoms with E-state index >= 15 is 0 Å². The first kappa shape index (κ1) is 14.9. The van der Waals surface area contributed by atoms with Crippen molar-refractivity contribution in [2.45, 2.75) is 32.2 Å². The van der Waals surface area contributed by atoms with E-state index in [0.29, 0.717) is 12.0 Å². The molecular formula is C15H21BrFNO. The number of nitrogens with one attached hydrogen (secondary N) is 1. The van der Waals surface area contributed by atoms with Crippen LogP contribution in [0, 0.1) is 11.7 Å². The van der Waals surface area contributed by atoms with Gasteiger partial charge in [-0.25, -0.2) is 4.39 Å². The van der Waals surface area contributed by atoms with Gasteiger partial charge in [0, 0.05) is 23.7 Å². The molecule has 0 radical (unpaired) electrons. The number of hydrogen-bond acceptors (Lipinski definition) is 2. The molecule has 1 aromatic carbocycles. The maximum absolute atomic E-state index is 13.9. The van der Waals surface area contributed by atoms with Crippen molar-refractivity contribution in [2.24, 2.45) is 5.92 Å². The van der Waals surface area contributed by atoms with Gasteiger partial charge in [0.25, 0.3) is 0 Å². The van der Waals surface area contributed by atoms with Crippen molar-refractivity contribution < 1.29 is 9.13 Å². The highest BCUT2D eigenvalue weighted by atomic mass is 79.9. The van der Waals surface area contributed by atoms with Gasteiger partial charge in [-0.2, -0.15) is 0 Å². The topological polar surface area (TPSA) is 21.3 Å². The molecule has 1 heterocycles. The fourth-order valence-corrected chi connectivity index (χ4v) is 3.13. The zero-order valence-electron chi connectivity index (χ0n) is 11.3. The molecular weight excluding hydrogens is 309 g/mol. The zero-order valence-corrected chi connectivity index (χ0v) is 12.9. The molecule has 0 amide bonds. The Hall–Kier alpha value is -0.450. The maximum Gasteiger partial charge on any atom is 0.126 e. The first-order valence-corrected chi connectivity index (χ1v) is 7.75. The summed E-state index contributed by atoms with van der Waals surface area (Å²) in [5, 5.41) is 3.51. The molecule has 1 N–H and O–H groups in total. The van der Waals surface area contributed by atoms with Crippen LogP contribution in [0.25, 0.3) is 0 Å². The molecule has 1 saturated heterocycles. The third-order valence-electron chi connectivity index (χ3n) is 3.75. The Balaban J connectivity index is 2.08. The highest BCUT2D eigenvalue weighted by Crippen LogP contribution is 2.24. The van der Waals surface area contributed by atoms with Gasteiger partial charge >= 0.3 is 0 Å². The van der Waals surface area contributed by atoms with E-state index in [4.69, 9.17) is 4.74 Å². The molecule has 1 unspecified atom stereocenters. The van der Waals surface area contributed by atoms with Gasteiger partial charge in [-0.05, 0) is 55.5 Å². The predicted octanol–water partition coefficient (Wildman–Crippen LogP) is 3.54. The number of hydrogen-bond donors (Lipinski definition) is 1. The van der Waals surface area contributed by atoms with Gasteiger partial charge in [0.1, 0.15) is 5.82 Å². The molecule has 4 heteroatoms.